The minimum absolute atomic E-state index is 0.112. The van der Waals surface area contributed by atoms with E-state index in [0.29, 0.717) is 6.61 Å². The van der Waals surface area contributed by atoms with Crippen LogP contribution in [0.3, 0.4) is 0 Å². The van der Waals surface area contributed by atoms with Gasteiger partial charge in [0.05, 0.1) is 18.9 Å². The van der Waals surface area contributed by atoms with Crippen molar-refractivity contribution in [1.29, 1.82) is 0 Å². The lowest BCUT2D eigenvalue weighted by atomic mass is 10.2. The number of imidazole rings is 1. The molecule has 1 N–H and O–H groups in total. The summed E-state index contributed by atoms with van der Waals surface area (Å²) in [6.45, 7) is 14.2. The van der Waals surface area contributed by atoms with Crippen LogP contribution in [-0.4, -0.2) is 48.8 Å². The number of oxime groups is 1. The molecule has 0 bridgehead atoms. The smallest absolute Gasteiger partial charge is 0.192 e. The van der Waals surface area contributed by atoms with Gasteiger partial charge >= 0.3 is 0 Å². The van der Waals surface area contributed by atoms with Crippen molar-refractivity contribution in [3.05, 3.63) is 18.2 Å². The zero-order valence-corrected chi connectivity index (χ0v) is 18.5. The van der Waals surface area contributed by atoms with Crippen LogP contribution in [0.2, 0.25) is 18.1 Å². The lowest BCUT2D eigenvalue weighted by Gasteiger charge is -2.37. The van der Waals surface area contributed by atoms with Gasteiger partial charge in [-0.15, -0.1) is 0 Å². The first kappa shape index (κ1) is 22.1. The van der Waals surface area contributed by atoms with Crippen molar-refractivity contribution in [3.8, 4) is 0 Å². The number of hydrogen-bond donors (Lipinski definition) is 1. The average molecular weight is 398 g/mol. The summed E-state index contributed by atoms with van der Waals surface area (Å²) in [6, 6.07) is -0.250. The third kappa shape index (κ3) is 5.87. The van der Waals surface area contributed by atoms with E-state index in [1.165, 1.54) is 6.21 Å². The molecule has 1 aromatic rings. The predicted octanol–water partition coefficient (Wildman–Crippen LogP) is 4.51. The van der Waals surface area contributed by atoms with Crippen LogP contribution in [0.15, 0.2) is 17.5 Å². The van der Waals surface area contributed by atoms with Gasteiger partial charge in [0.1, 0.15) is 11.9 Å². The van der Waals surface area contributed by atoms with E-state index in [0.717, 1.165) is 31.7 Å². The Morgan fingerprint density at radius 1 is 1.44 bits per heavy atom. The Bertz CT molecular complexity index is 606. The molecule has 1 aromatic heterocycles. The van der Waals surface area contributed by atoms with E-state index in [9.17, 15) is 0 Å². The van der Waals surface area contributed by atoms with Gasteiger partial charge in [0.25, 0.3) is 0 Å². The van der Waals surface area contributed by atoms with Crippen LogP contribution < -0.4 is 0 Å². The van der Waals surface area contributed by atoms with Crippen LogP contribution in [0.4, 0.5) is 0 Å². The van der Waals surface area contributed by atoms with E-state index in [1.807, 2.05) is 17.7 Å². The highest BCUT2D eigenvalue weighted by Gasteiger charge is 2.37. The fourth-order valence-corrected chi connectivity index (χ4v) is 3.83. The fraction of sp³-hybridized carbons (Fsp3) is 0.789. The maximum atomic E-state index is 9.16. The molecule has 3 atom stereocenters. The maximum absolute atomic E-state index is 9.16. The second-order valence-electron chi connectivity index (χ2n) is 8.67. The lowest BCUT2D eigenvalue weighted by molar-refractivity contribution is -0.188. The molecular formula is C19H35N3O4Si. The minimum atomic E-state index is -1.92. The summed E-state index contributed by atoms with van der Waals surface area (Å²) < 4.78 is 20.0. The molecule has 0 radical (unpaired) electrons. The van der Waals surface area contributed by atoms with Crippen molar-refractivity contribution in [2.45, 2.75) is 83.5 Å². The molecule has 8 heteroatoms. The topological polar surface area (TPSA) is 78.1 Å². The number of ether oxygens (including phenoxy) is 2. The molecule has 1 saturated heterocycles. The van der Waals surface area contributed by atoms with E-state index in [4.69, 9.17) is 19.1 Å². The van der Waals surface area contributed by atoms with Gasteiger partial charge in [-0.1, -0.05) is 25.9 Å². The SMILES string of the molecule is C[C@H](O[C@H]1CCCCO1)c1nccn1[C@@H](/C=N/O)CO[Si](C)(C)C(C)(C)C. The quantitative estimate of drug-likeness (QED) is 0.302. The molecule has 0 aromatic carbocycles. The highest BCUT2D eigenvalue weighted by atomic mass is 28.4. The second-order valence-corrected chi connectivity index (χ2v) is 13.5. The molecule has 1 aliphatic rings. The number of aromatic nitrogens is 2. The number of rotatable bonds is 8. The first-order chi connectivity index (χ1) is 12.7. The van der Waals surface area contributed by atoms with Gasteiger partial charge in [0.2, 0.25) is 0 Å². The second kappa shape index (κ2) is 9.32. The summed E-state index contributed by atoms with van der Waals surface area (Å²) in [7, 11) is -1.92. The normalized spacial score (nSPS) is 21.5. The molecule has 0 aliphatic carbocycles. The van der Waals surface area contributed by atoms with Gasteiger partial charge in [0.15, 0.2) is 14.6 Å². The van der Waals surface area contributed by atoms with Crippen molar-refractivity contribution in [2.75, 3.05) is 13.2 Å². The van der Waals surface area contributed by atoms with Crippen LogP contribution in [-0.2, 0) is 13.9 Å². The van der Waals surface area contributed by atoms with Crippen LogP contribution in [0, 0.1) is 0 Å². The zero-order chi connectivity index (χ0) is 20.1. The first-order valence-corrected chi connectivity index (χ1v) is 12.7. The molecule has 0 spiro atoms. The molecule has 2 rings (SSSR count). The number of nitrogens with zero attached hydrogens (tertiary/aromatic N) is 3. The molecule has 27 heavy (non-hydrogen) atoms. The van der Waals surface area contributed by atoms with E-state index >= 15 is 0 Å². The Kier molecular flexibility index (Phi) is 7.61. The summed E-state index contributed by atoms with van der Waals surface area (Å²) in [5.41, 5.74) is 0. The summed E-state index contributed by atoms with van der Waals surface area (Å²) >= 11 is 0. The summed E-state index contributed by atoms with van der Waals surface area (Å²) in [6.07, 6.45) is 7.79. The summed E-state index contributed by atoms with van der Waals surface area (Å²) in [5, 5.41) is 12.5. The Balaban J connectivity index is 2.10. The minimum Gasteiger partial charge on any atom is -0.414 e. The van der Waals surface area contributed by atoms with Crippen molar-refractivity contribution in [1.82, 2.24) is 9.55 Å². The van der Waals surface area contributed by atoms with Crippen molar-refractivity contribution >= 4 is 14.5 Å². The number of hydrogen-bond acceptors (Lipinski definition) is 6. The molecule has 1 aliphatic heterocycles. The maximum Gasteiger partial charge on any atom is 0.192 e. The van der Waals surface area contributed by atoms with Gasteiger partial charge in [-0.3, -0.25) is 0 Å². The lowest BCUT2D eigenvalue weighted by Crippen LogP contribution is -2.42. The van der Waals surface area contributed by atoms with E-state index < -0.39 is 8.32 Å². The van der Waals surface area contributed by atoms with Crippen molar-refractivity contribution < 1.29 is 19.1 Å². The fourth-order valence-electron chi connectivity index (χ4n) is 2.81. The molecular weight excluding hydrogens is 362 g/mol. The van der Waals surface area contributed by atoms with Crippen LogP contribution in [0.25, 0.3) is 0 Å². The Hall–Kier alpha value is -1.22. The highest BCUT2D eigenvalue weighted by molar-refractivity contribution is 6.74. The average Bonchev–Trinajstić information content (AvgIpc) is 3.08. The third-order valence-corrected chi connectivity index (χ3v) is 10.1. The monoisotopic (exact) mass is 397 g/mol. The third-order valence-electron chi connectivity index (χ3n) is 5.57. The van der Waals surface area contributed by atoms with Crippen molar-refractivity contribution in [2.24, 2.45) is 5.16 Å². The van der Waals surface area contributed by atoms with Crippen molar-refractivity contribution in [3.63, 3.8) is 0 Å². The standard InChI is InChI=1S/C19H35N3O4Si/c1-15(26-17-9-7-8-12-24-17)18-20-10-11-22(18)16(13-21-23)14-25-27(5,6)19(2,3)4/h10-11,13,15-17,23H,7-9,12,14H2,1-6H3/b21-13+/t15-,16-,17-/m0/s1. The molecule has 154 valence electrons. The predicted molar refractivity (Wildman–Crippen MR) is 108 cm³/mol. The Labute approximate surface area is 163 Å². The zero-order valence-electron chi connectivity index (χ0n) is 17.5. The van der Waals surface area contributed by atoms with Crippen LogP contribution in [0.1, 0.15) is 64.9 Å². The molecule has 1 fully saturated rings. The Morgan fingerprint density at radius 3 is 2.78 bits per heavy atom. The van der Waals surface area contributed by atoms with E-state index in [1.54, 1.807) is 6.20 Å². The molecule has 0 saturated carbocycles. The molecule has 2 heterocycles. The van der Waals surface area contributed by atoms with Gasteiger partial charge in [0, 0.05) is 19.0 Å². The van der Waals surface area contributed by atoms with Gasteiger partial charge in [-0.25, -0.2) is 4.98 Å². The first-order valence-electron chi connectivity index (χ1n) is 9.77. The molecule has 0 amide bonds. The van der Waals surface area contributed by atoms with E-state index in [-0.39, 0.29) is 23.5 Å². The molecule has 0 unspecified atom stereocenters. The Morgan fingerprint density at radius 2 is 2.19 bits per heavy atom. The van der Waals surface area contributed by atoms with Gasteiger partial charge < -0.3 is 23.7 Å². The highest BCUT2D eigenvalue weighted by Crippen LogP contribution is 2.37. The largest absolute Gasteiger partial charge is 0.414 e. The van der Waals surface area contributed by atoms with Gasteiger partial charge in [-0.2, -0.15) is 0 Å². The van der Waals surface area contributed by atoms with E-state index in [2.05, 4.69) is 44.0 Å². The van der Waals surface area contributed by atoms with Crippen LogP contribution >= 0.6 is 0 Å². The van der Waals surface area contributed by atoms with Gasteiger partial charge in [-0.05, 0) is 44.3 Å². The van der Waals surface area contributed by atoms with Crippen LogP contribution in [0.5, 0.6) is 0 Å². The summed E-state index contributed by atoms with van der Waals surface area (Å²) in [4.78, 5) is 4.47. The summed E-state index contributed by atoms with van der Waals surface area (Å²) in [5.74, 6) is 0.771. The molecule has 7 nitrogen and oxygen atoms in total.